The van der Waals surface area contributed by atoms with Crippen LogP contribution in [0.1, 0.15) is 0 Å². The number of hydrogen-bond donors (Lipinski definition) is 2. The Bertz CT molecular complexity index is 378. The fraction of sp³-hybridized carbons (Fsp3) is 0.200. The maximum atomic E-state index is 11.1. The summed E-state index contributed by atoms with van der Waals surface area (Å²) >= 11 is 3.28. The SMILES string of the molecule is NC(=O)CNC(=O)COc1ccc(Br)cc1. The quantitative estimate of drug-likeness (QED) is 0.824. The van der Waals surface area contributed by atoms with E-state index in [-0.39, 0.29) is 19.1 Å². The third-order valence-corrected chi connectivity index (χ3v) is 2.17. The Kier molecular flexibility index (Phi) is 4.78. The second kappa shape index (κ2) is 6.12. The minimum absolute atomic E-state index is 0.144. The van der Waals surface area contributed by atoms with Gasteiger partial charge in [-0.05, 0) is 24.3 Å². The number of carbonyl (C=O) groups is 2. The second-order valence-electron chi connectivity index (χ2n) is 2.99. The van der Waals surface area contributed by atoms with Gasteiger partial charge in [0.25, 0.3) is 5.91 Å². The summed E-state index contributed by atoms with van der Waals surface area (Å²) in [5.74, 6) is -0.392. The highest BCUT2D eigenvalue weighted by Crippen LogP contribution is 2.15. The van der Waals surface area contributed by atoms with E-state index in [1.54, 1.807) is 24.3 Å². The highest BCUT2D eigenvalue weighted by Gasteiger charge is 2.03. The molecule has 0 aliphatic rings. The number of rotatable bonds is 5. The molecule has 0 aliphatic carbocycles. The summed E-state index contributed by atoms with van der Waals surface area (Å²) in [6.07, 6.45) is 0. The van der Waals surface area contributed by atoms with Crippen molar-refractivity contribution in [2.24, 2.45) is 5.73 Å². The molecule has 1 rings (SSSR count). The summed E-state index contributed by atoms with van der Waals surface area (Å²) in [5.41, 5.74) is 4.86. The molecule has 0 bridgehead atoms. The predicted octanol–water partition coefficient (Wildman–Crippen LogP) is 0.429. The van der Waals surface area contributed by atoms with Crippen LogP contribution in [0.2, 0.25) is 0 Å². The van der Waals surface area contributed by atoms with E-state index in [0.717, 1.165) is 4.47 Å². The minimum Gasteiger partial charge on any atom is -0.484 e. The van der Waals surface area contributed by atoms with Crippen molar-refractivity contribution >= 4 is 27.7 Å². The topological polar surface area (TPSA) is 81.4 Å². The summed E-state index contributed by atoms with van der Waals surface area (Å²) in [6.45, 7) is -0.322. The lowest BCUT2D eigenvalue weighted by Gasteiger charge is -2.06. The van der Waals surface area contributed by atoms with Crippen molar-refractivity contribution < 1.29 is 14.3 Å². The van der Waals surface area contributed by atoms with Crippen LogP contribution in [-0.2, 0) is 9.59 Å². The van der Waals surface area contributed by atoms with Gasteiger partial charge in [-0.2, -0.15) is 0 Å². The molecule has 86 valence electrons. The smallest absolute Gasteiger partial charge is 0.258 e. The van der Waals surface area contributed by atoms with Gasteiger partial charge in [0, 0.05) is 4.47 Å². The van der Waals surface area contributed by atoms with Gasteiger partial charge < -0.3 is 15.8 Å². The van der Waals surface area contributed by atoms with Gasteiger partial charge in [-0.1, -0.05) is 15.9 Å². The molecule has 0 spiro atoms. The Balaban J connectivity index is 2.31. The molecule has 16 heavy (non-hydrogen) atoms. The lowest BCUT2D eigenvalue weighted by molar-refractivity contribution is -0.126. The summed E-state index contributed by atoms with van der Waals surface area (Å²) in [7, 11) is 0. The fourth-order valence-electron chi connectivity index (χ4n) is 0.916. The number of primary amides is 1. The van der Waals surface area contributed by atoms with Gasteiger partial charge in [0.1, 0.15) is 5.75 Å². The standard InChI is InChI=1S/C10H11BrN2O3/c11-7-1-3-8(4-2-7)16-6-10(15)13-5-9(12)14/h1-4H,5-6H2,(H2,12,14)(H,13,15). The van der Waals surface area contributed by atoms with Gasteiger partial charge in [0.05, 0.1) is 6.54 Å². The number of ether oxygens (including phenoxy) is 1. The van der Waals surface area contributed by atoms with E-state index in [4.69, 9.17) is 10.5 Å². The van der Waals surface area contributed by atoms with Crippen molar-refractivity contribution in [2.75, 3.05) is 13.2 Å². The maximum absolute atomic E-state index is 11.1. The lowest BCUT2D eigenvalue weighted by atomic mass is 10.3. The zero-order chi connectivity index (χ0) is 12.0. The Labute approximate surface area is 101 Å². The molecule has 0 aromatic heterocycles. The third-order valence-electron chi connectivity index (χ3n) is 1.64. The first-order chi connectivity index (χ1) is 7.58. The molecule has 0 atom stereocenters. The van der Waals surface area contributed by atoms with Crippen LogP contribution in [0, 0.1) is 0 Å². The van der Waals surface area contributed by atoms with Gasteiger partial charge in [-0.3, -0.25) is 9.59 Å². The molecule has 1 aromatic rings. The molecule has 6 heteroatoms. The van der Waals surface area contributed by atoms with E-state index >= 15 is 0 Å². The Morgan fingerprint density at radius 1 is 1.31 bits per heavy atom. The zero-order valence-electron chi connectivity index (χ0n) is 8.40. The molecular formula is C10H11BrN2O3. The van der Waals surface area contributed by atoms with Gasteiger partial charge in [-0.25, -0.2) is 0 Å². The minimum atomic E-state index is -0.586. The van der Waals surface area contributed by atoms with Crippen LogP contribution in [0.5, 0.6) is 5.75 Å². The Morgan fingerprint density at radius 3 is 2.50 bits per heavy atom. The second-order valence-corrected chi connectivity index (χ2v) is 3.90. The highest BCUT2D eigenvalue weighted by molar-refractivity contribution is 9.10. The average molecular weight is 287 g/mol. The maximum Gasteiger partial charge on any atom is 0.258 e. The lowest BCUT2D eigenvalue weighted by Crippen LogP contribution is -2.36. The number of nitrogens with one attached hydrogen (secondary N) is 1. The number of nitrogens with two attached hydrogens (primary N) is 1. The van der Waals surface area contributed by atoms with Crippen molar-refractivity contribution in [2.45, 2.75) is 0 Å². The molecule has 0 saturated carbocycles. The van der Waals surface area contributed by atoms with Crippen LogP contribution in [0.15, 0.2) is 28.7 Å². The molecule has 5 nitrogen and oxygen atoms in total. The van der Waals surface area contributed by atoms with E-state index in [0.29, 0.717) is 5.75 Å². The number of halogens is 1. The summed E-state index contributed by atoms with van der Waals surface area (Å²) in [4.78, 5) is 21.5. The van der Waals surface area contributed by atoms with Crippen LogP contribution >= 0.6 is 15.9 Å². The number of hydrogen-bond acceptors (Lipinski definition) is 3. The van der Waals surface area contributed by atoms with E-state index in [1.807, 2.05) is 0 Å². The van der Waals surface area contributed by atoms with Gasteiger partial charge in [0.15, 0.2) is 6.61 Å². The van der Waals surface area contributed by atoms with Crippen molar-refractivity contribution in [3.63, 3.8) is 0 Å². The van der Waals surface area contributed by atoms with Gasteiger partial charge in [0.2, 0.25) is 5.91 Å². The Morgan fingerprint density at radius 2 is 1.94 bits per heavy atom. The van der Waals surface area contributed by atoms with Crippen molar-refractivity contribution in [3.8, 4) is 5.75 Å². The first kappa shape index (κ1) is 12.5. The first-order valence-corrected chi connectivity index (χ1v) is 5.30. The number of carbonyl (C=O) groups excluding carboxylic acids is 2. The van der Waals surface area contributed by atoms with Crippen molar-refractivity contribution in [3.05, 3.63) is 28.7 Å². The largest absolute Gasteiger partial charge is 0.484 e. The van der Waals surface area contributed by atoms with E-state index < -0.39 is 5.91 Å². The summed E-state index contributed by atoms with van der Waals surface area (Å²) in [6, 6.07) is 7.06. The molecule has 0 aliphatic heterocycles. The predicted molar refractivity (Wildman–Crippen MR) is 61.8 cm³/mol. The van der Waals surface area contributed by atoms with Gasteiger partial charge >= 0.3 is 0 Å². The van der Waals surface area contributed by atoms with Crippen LogP contribution in [0.25, 0.3) is 0 Å². The molecule has 0 radical (unpaired) electrons. The molecule has 3 N–H and O–H groups in total. The van der Waals surface area contributed by atoms with Crippen LogP contribution in [0.4, 0.5) is 0 Å². The molecule has 0 saturated heterocycles. The number of benzene rings is 1. The average Bonchev–Trinajstić information content (AvgIpc) is 2.25. The van der Waals surface area contributed by atoms with Crippen LogP contribution in [-0.4, -0.2) is 25.0 Å². The van der Waals surface area contributed by atoms with Crippen molar-refractivity contribution in [1.29, 1.82) is 0 Å². The molecule has 0 unspecified atom stereocenters. The van der Waals surface area contributed by atoms with Crippen LogP contribution in [0.3, 0.4) is 0 Å². The summed E-state index contributed by atoms with van der Waals surface area (Å²) < 4.78 is 6.10. The van der Waals surface area contributed by atoms with Crippen molar-refractivity contribution in [1.82, 2.24) is 5.32 Å². The zero-order valence-corrected chi connectivity index (χ0v) is 9.99. The molecular weight excluding hydrogens is 276 g/mol. The Hall–Kier alpha value is -1.56. The van der Waals surface area contributed by atoms with E-state index in [2.05, 4.69) is 21.2 Å². The molecule has 1 aromatic carbocycles. The fourth-order valence-corrected chi connectivity index (χ4v) is 1.18. The third kappa shape index (κ3) is 4.79. The van der Waals surface area contributed by atoms with Crippen LogP contribution < -0.4 is 15.8 Å². The molecule has 2 amide bonds. The number of amides is 2. The summed E-state index contributed by atoms with van der Waals surface area (Å²) in [5, 5.41) is 2.32. The highest BCUT2D eigenvalue weighted by atomic mass is 79.9. The normalized spacial score (nSPS) is 9.56. The van der Waals surface area contributed by atoms with E-state index in [9.17, 15) is 9.59 Å². The molecule has 0 heterocycles. The first-order valence-electron chi connectivity index (χ1n) is 4.51. The van der Waals surface area contributed by atoms with E-state index in [1.165, 1.54) is 0 Å². The van der Waals surface area contributed by atoms with Gasteiger partial charge in [-0.15, -0.1) is 0 Å². The monoisotopic (exact) mass is 286 g/mol. The molecule has 0 fully saturated rings.